The quantitative estimate of drug-likeness (QED) is 0.795. The molecule has 2 rings (SSSR count). The Bertz CT molecular complexity index is 364. The zero-order valence-corrected chi connectivity index (χ0v) is 9.99. The summed E-state index contributed by atoms with van der Waals surface area (Å²) in [6.07, 6.45) is 4.35. The predicted molar refractivity (Wildman–Crippen MR) is 61.0 cm³/mol. The Morgan fingerprint density at radius 3 is 3.06 bits per heavy atom. The van der Waals surface area contributed by atoms with Crippen molar-refractivity contribution >= 4 is 5.91 Å². The van der Waals surface area contributed by atoms with E-state index in [2.05, 4.69) is 10.3 Å². The van der Waals surface area contributed by atoms with Crippen molar-refractivity contribution in [2.24, 2.45) is 5.92 Å². The molecule has 0 aliphatic carbocycles. The number of aliphatic hydroxyl groups is 1. The van der Waals surface area contributed by atoms with Crippen LogP contribution >= 0.6 is 0 Å². The molecule has 2 unspecified atom stereocenters. The normalized spacial score (nSPS) is 21.8. The van der Waals surface area contributed by atoms with Crippen molar-refractivity contribution in [2.45, 2.75) is 32.4 Å². The van der Waals surface area contributed by atoms with E-state index >= 15 is 0 Å². The fourth-order valence-corrected chi connectivity index (χ4v) is 2.13. The number of amides is 1. The molecule has 6 heteroatoms. The summed E-state index contributed by atoms with van der Waals surface area (Å²) in [4.78, 5) is 13.7. The Labute approximate surface area is 100 Å². The van der Waals surface area contributed by atoms with Gasteiger partial charge in [-0.2, -0.15) is 0 Å². The molecule has 0 spiro atoms. The summed E-state index contributed by atoms with van der Waals surface area (Å²) in [5, 5.41) is 17.0. The molecule has 0 aromatic carbocycles. The molecule has 1 aromatic heterocycles. The first kappa shape index (κ1) is 12.0. The summed E-state index contributed by atoms with van der Waals surface area (Å²) < 4.78 is 1.65. The molecule has 0 saturated carbocycles. The molecule has 1 N–H and O–H groups in total. The minimum Gasteiger partial charge on any atom is -0.393 e. The van der Waals surface area contributed by atoms with Crippen LogP contribution in [0.15, 0.2) is 12.4 Å². The number of aryl methyl sites for hydroxylation is 1. The third-order valence-electron chi connectivity index (χ3n) is 3.29. The van der Waals surface area contributed by atoms with Crippen LogP contribution in [0.1, 0.15) is 19.8 Å². The van der Waals surface area contributed by atoms with Crippen molar-refractivity contribution in [3.05, 3.63) is 12.4 Å². The van der Waals surface area contributed by atoms with Gasteiger partial charge in [0.25, 0.3) is 0 Å². The van der Waals surface area contributed by atoms with Gasteiger partial charge in [0.1, 0.15) is 0 Å². The summed E-state index contributed by atoms with van der Waals surface area (Å²) in [6.45, 7) is 3.78. The van der Waals surface area contributed by atoms with Crippen molar-refractivity contribution in [1.29, 1.82) is 0 Å². The van der Waals surface area contributed by atoms with E-state index in [0.717, 1.165) is 13.0 Å². The predicted octanol–water partition coefficient (Wildman–Crippen LogP) is -0.103. The Morgan fingerprint density at radius 2 is 2.47 bits per heavy atom. The maximum atomic E-state index is 11.9. The Hall–Kier alpha value is -1.43. The molecule has 2 atom stereocenters. The largest absolute Gasteiger partial charge is 0.393 e. The van der Waals surface area contributed by atoms with Crippen LogP contribution in [-0.2, 0) is 11.3 Å². The number of aromatic nitrogens is 3. The highest BCUT2D eigenvalue weighted by atomic mass is 16.3. The first-order valence-corrected chi connectivity index (χ1v) is 5.97. The highest BCUT2D eigenvalue weighted by molar-refractivity contribution is 5.76. The Kier molecular flexibility index (Phi) is 3.73. The van der Waals surface area contributed by atoms with Gasteiger partial charge in [0.15, 0.2) is 0 Å². The molecule has 2 heterocycles. The molecule has 94 valence electrons. The lowest BCUT2D eigenvalue weighted by Gasteiger charge is -2.17. The highest BCUT2D eigenvalue weighted by Crippen LogP contribution is 2.20. The van der Waals surface area contributed by atoms with Gasteiger partial charge in [-0.25, -0.2) is 0 Å². The fourth-order valence-electron chi connectivity index (χ4n) is 2.13. The van der Waals surface area contributed by atoms with E-state index in [1.807, 2.05) is 4.90 Å². The molecule has 1 aliphatic heterocycles. The van der Waals surface area contributed by atoms with Gasteiger partial charge in [0.2, 0.25) is 5.91 Å². The first-order valence-electron chi connectivity index (χ1n) is 5.97. The number of likely N-dealkylation sites (tertiary alicyclic amines) is 1. The molecule has 1 aliphatic rings. The van der Waals surface area contributed by atoms with Crippen LogP contribution in [0.3, 0.4) is 0 Å². The summed E-state index contributed by atoms with van der Waals surface area (Å²) in [5.74, 6) is 0.356. The molecule has 1 aromatic rings. The highest BCUT2D eigenvalue weighted by Gasteiger charge is 2.28. The fraction of sp³-hybridized carbons (Fsp3) is 0.727. The average molecular weight is 238 g/mol. The second-order valence-electron chi connectivity index (χ2n) is 4.55. The number of carbonyl (C=O) groups excluding carboxylic acids is 1. The molecule has 0 radical (unpaired) electrons. The number of carbonyl (C=O) groups is 1. The van der Waals surface area contributed by atoms with Gasteiger partial charge in [-0.3, -0.25) is 9.48 Å². The van der Waals surface area contributed by atoms with E-state index in [4.69, 9.17) is 0 Å². The minimum atomic E-state index is -0.330. The molecular formula is C11H18N4O2. The van der Waals surface area contributed by atoms with E-state index < -0.39 is 0 Å². The van der Waals surface area contributed by atoms with Crippen molar-refractivity contribution in [3.63, 3.8) is 0 Å². The molecule has 1 saturated heterocycles. The van der Waals surface area contributed by atoms with E-state index in [9.17, 15) is 9.90 Å². The second-order valence-corrected chi connectivity index (χ2v) is 4.55. The summed E-state index contributed by atoms with van der Waals surface area (Å²) in [5.41, 5.74) is 0. The third kappa shape index (κ3) is 3.03. The summed E-state index contributed by atoms with van der Waals surface area (Å²) >= 11 is 0. The van der Waals surface area contributed by atoms with Crippen LogP contribution in [0.2, 0.25) is 0 Å². The van der Waals surface area contributed by atoms with Crippen LogP contribution in [-0.4, -0.2) is 50.1 Å². The Balaban J connectivity index is 1.77. The summed E-state index contributed by atoms with van der Waals surface area (Å²) in [7, 11) is 0. The van der Waals surface area contributed by atoms with Crippen LogP contribution in [0.25, 0.3) is 0 Å². The molecule has 1 amide bonds. The molecule has 6 nitrogen and oxygen atoms in total. The van der Waals surface area contributed by atoms with E-state index in [1.54, 1.807) is 24.0 Å². The van der Waals surface area contributed by atoms with Crippen LogP contribution in [0, 0.1) is 5.92 Å². The maximum absolute atomic E-state index is 11.9. The lowest BCUT2D eigenvalue weighted by molar-refractivity contribution is -0.130. The standard InChI is InChI=1S/C11H18N4O2/c1-9(16)10-2-5-14(8-10)11(17)3-6-15-7-4-12-13-15/h4,7,9-10,16H,2-3,5-6,8H2,1H3. The van der Waals surface area contributed by atoms with Crippen LogP contribution in [0.4, 0.5) is 0 Å². The zero-order valence-electron chi connectivity index (χ0n) is 9.99. The van der Waals surface area contributed by atoms with Crippen molar-refractivity contribution < 1.29 is 9.90 Å². The van der Waals surface area contributed by atoms with Gasteiger partial charge in [0, 0.05) is 31.6 Å². The van der Waals surface area contributed by atoms with E-state index in [1.165, 1.54) is 0 Å². The van der Waals surface area contributed by atoms with Crippen molar-refractivity contribution in [1.82, 2.24) is 19.9 Å². The van der Waals surface area contributed by atoms with Gasteiger partial charge < -0.3 is 10.0 Å². The van der Waals surface area contributed by atoms with Gasteiger partial charge in [-0.15, -0.1) is 5.10 Å². The van der Waals surface area contributed by atoms with Crippen molar-refractivity contribution in [3.8, 4) is 0 Å². The maximum Gasteiger partial charge on any atom is 0.224 e. The second kappa shape index (κ2) is 5.27. The van der Waals surface area contributed by atoms with Gasteiger partial charge in [-0.1, -0.05) is 5.21 Å². The minimum absolute atomic E-state index is 0.128. The monoisotopic (exact) mass is 238 g/mol. The van der Waals surface area contributed by atoms with Crippen molar-refractivity contribution in [2.75, 3.05) is 13.1 Å². The first-order chi connectivity index (χ1) is 8.16. The Morgan fingerprint density at radius 1 is 1.65 bits per heavy atom. The number of hydrogen-bond donors (Lipinski definition) is 1. The topological polar surface area (TPSA) is 71.2 Å². The van der Waals surface area contributed by atoms with Crippen LogP contribution < -0.4 is 0 Å². The van der Waals surface area contributed by atoms with E-state index in [0.29, 0.717) is 19.5 Å². The number of hydrogen-bond acceptors (Lipinski definition) is 4. The van der Waals surface area contributed by atoms with Gasteiger partial charge in [0.05, 0.1) is 18.8 Å². The SMILES string of the molecule is CC(O)C1CCN(C(=O)CCn2ccnn2)C1. The van der Waals surface area contributed by atoms with Gasteiger partial charge in [-0.05, 0) is 13.3 Å². The smallest absolute Gasteiger partial charge is 0.224 e. The zero-order chi connectivity index (χ0) is 12.3. The number of rotatable bonds is 4. The lowest BCUT2D eigenvalue weighted by atomic mass is 10.0. The van der Waals surface area contributed by atoms with Gasteiger partial charge >= 0.3 is 0 Å². The third-order valence-corrected chi connectivity index (χ3v) is 3.29. The number of aliphatic hydroxyl groups excluding tert-OH is 1. The summed E-state index contributed by atoms with van der Waals surface area (Å²) in [6, 6.07) is 0. The average Bonchev–Trinajstić information content (AvgIpc) is 2.96. The number of nitrogens with zero attached hydrogens (tertiary/aromatic N) is 4. The molecule has 1 fully saturated rings. The lowest BCUT2D eigenvalue weighted by Crippen LogP contribution is -2.31. The molecule has 17 heavy (non-hydrogen) atoms. The van der Waals surface area contributed by atoms with E-state index in [-0.39, 0.29) is 17.9 Å². The van der Waals surface area contributed by atoms with Crippen LogP contribution in [0.5, 0.6) is 0 Å². The molecule has 0 bridgehead atoms. The molecular weight excluding hydrogens is 220 g/mol.